The molecule has 1 amide bonds. The van der Waals surface area contributed by atoms with Crippen LogP contribution in [-0.2, 0) is 0 Å². The number of carbonyl (C=O) groups is 1. The molecule has 2 aromatic rings. The number of pyridine rings is 1. The summed E-state index contributed by atoms with van der Waals surface area (Å²) in [6, 6.07) is 3.44. The van der Waals surface area contributed by atoms with E-state index in [1.54, 1.807) is 23.2 Å². The number of rotatable bonds is 5. The molecule has 0 spiro atoms. The van der Waals surface area contributed by atoms with E-state index in [1.165, 1.54) is 26.6 Å². The molecule has 3 rings (SSSR count). The van der Waals surface area contributed by atoms with Crippen LogP contribution in [0.3, 0.4) is 0 Å². The molecule has 0 N–H and O–H groups in total. The Balaban J connectivity index is 1.69. The minimum absolute atomic E-state index is 0.116. The molecule has 0 aliphatic carbocycles. The molecule has 1 saturated heterocycles. The molecule has 8 heteroatoms. The molecule has 1 aliphatic rings. The maximum Gasteiger partial charge on any atom is 0.259 e. The van der Waals surface area contributed by atoms with Crippen molar-refractivity contribution in [2.45, 2.75) is 18.9 Å². The summed E-state index contributed by atoms with van der Waals surface area (Å²) in [5.41, 5.74) is 0.451. The maximum atomic E-state index is 12.8. The number of methoxy groups -OCH3 is 2. The molecule has 0 saturated carbocycles. The van der Waals surface area contributed by atoms with Crippen molar-refractivity contribution in [3.05, 3.63) is 36.3 Å². The van der Waals surface area contributed by atoms with Crippen molar-refractivity contribution in [3.63, 3.8) is 0 Å². The number of nitrogens with zero attached hydrogens (tertiary/aromatic N) is 4. The third kappa shape index (κ3) is 3.96. The van der Waals surface area contributed by atoms with Gasteiger partial charge < -0.3 is 19.1 Å². The maximum absolute atomic E-state index is 12.8. The second kappa shape index (κ2) is 7.78. The highest BCUT2D eigenvalue weighted by Gasteiger charge is 2.28. The van der Waals surface area contributed by atoms with Gasteiger partial charge in [-0.25, -0.2) is 4.98 Å². The van der Waals surface area contributed by atoms with Gasteiger partial charge in [0.1, 0.15) is 11.7 Å². The van der Waals surface area contributed by atoms with E-state index >= 15 is 0 Å². The molecule has 0 aromatic carbocycles. The van der Waals surface area contributed by atoms with Crippen LogP contribution in [0.25, 0.3) is 0 Å². The lowest BCUT2D eigenvalue weighted by Gasteiger charge is -2.32. The molecule has 0 bridgehead atoms. The number of piperidine rings is 1. The van der Waals surface area contributed by atoms with Crippen LogP contribution in [0.4, 0.5) is 0 Å². The van der Waals surface area contributed by atoms with Gasteiger partial charge in [-0.2, -0.15) is 4.98 Å². The van der Waals surface area contributed by atoms with E-state index in [0.717, 1.165) is 12.8 Å². The Hall–Kier alpha value is -2.90. The van der Waals surface area contributed by atoms with E-state index in [1.807, 2.05) is 0 Å². The van der Waals surface area contributed by atoms with Crippen molar-refractivity contribution in [3.8, 4) is 17.6 Å². The second-order valence-corrected chi connectivity index (χ2v) is 5.59. The highest BCUT2D eigenvalue weighted by atomic mass is 16.5. The number of aromatic nitrogens is 3. The fourth-order valence-corrected chi connectivity index (χ4v) is 2.76. The van der Waals surface area contributed by atoms with Crippen molar-refractivity contribution < 1.29 is 19.0 Å². The van der Waals surface area contributed by atoms with E-state index in [0.29, 0.717) is 36.3 Å². The van der Waals surface area contributed by atoms with Gasteiger partial charge in [0, 0.05) is 12.7 Å². The number of carbonyl (C=O) groups excluding carboxylic acids is 1. The van der Waals surface area contributed by atoms with Crippen LogP contribution < -0.4 is 14.2 Å². The van der Waals surface area contributed by atoms with E-state index in [4.69, 9.17) is 14.2 Å². The number of hydrogen-bond donors (Lipinski definition) is 0. The first-order valence-corrected chi connectivity index (χ1v) is 8.02. The molecule has 1 fully saturated rings. The first-order valence-electron chi connectivity index (χ1n) is 8.02. The fourth-order valence-electron chi connectivity index (χ4n) is 2.76. The van der Waals surface area contributed by atoms with Crippen LogP contribution >= 0.6 is 0 Å². The van der Waals surface area contributed by atoms with Crippen LogP contribution in [0.1, 0.15) is 23.2 Å². The lowest BCUT2D eigenvalue weighted by Crippen LogP contribution is -2.44. The smallest absolute Gasteiger partial charge is 0.259 e. The van der Waals surface area contributed by atoms with Crippen molar-refractivity contribution in [1.29, 1.82) is 0 Å². The Morgan fingerprint density at radius 1 is 1.24 bits per heavy atom. The summed E-state index contributed by atoms with van der Waals surface area (Å²) in [4.78, 5) is 26.8. The number of hydrogen-bond acceptors (Lipinski definition) is 7. The van der Waals surface area contributed by atoms with E-state index < -0.39 is 0 Å². The number of amides is 1. The molecule has 25 heavy (non-hydrogen) atoms. The molecule has 132 valence electrons. The van der Waals surface area contributed by atoms with Crippen LogP contribution in [0.2, 0.25) is 0 Å². The number of ether oxygens (including phenoxy) is 3. The predicted octanol–water partition coefficient (Wildman–Crippen LogP) is 1.57. The van der Waals surface area contributed by atoms with Crippen LogP contribution in [-0.4, -0.2) is 59.2 Å². The molecule has 0 radical (unpaired) electrons. The van der Waals surface area contributed by atoms with E-state index in [9.17, 15) is 4.79 Å². The monoisotopic (exact) mass is 344 g/mol. The average Bonchev–Trinajstić information content (AvgIpc) is 2.67. The third-order valence-electron chi connectivity index (χ3n) is 3.95. The standard InChI is InChI=1S/C17H20N4O4/c1-23-14-9-18-10-15(20-14)25-12-5-4-8-21(11-12)17(22)13-6-3-7-19-16(13)24-2/h3,6-7,9-10,12H,4-5,8,11H2,1-2H3. The topological polar surface area (TPSA) is 86.7 Å². The molecule has 1 aliphatic heterocycles. The molecular weight excluding hydrogens is 324 g/mol. The zero-order chi connectivity index (χ0) is 17.6. The van der Waals surface area contributed by atoms with E-state index in [2.05, 4.69) is 15.0 Å². The summed E-state index contributed by atoms with van der Waals surface area (Å²) in [6.07, 6.45) is 6.18. The van der Waals surface area contributed by atoms with Gasteiger partial charge in [0.25, 0.3) is 5.91 Å². The van der Waals surface area contributed by atoms with Gasteiger partial charge in [-0.05, 0) is 25.0 Å². The summed E-state index contributed by atoms with van der Waals surface area (Å²) in [5, 5.41) is 0. The Bertz CT molecular complexity index is 740. The summed E-state index contributed by atoms with van der Waals surface area (Å²) in [6.45, 7) is 1.14. The van der Waals surface area contributed by atoms with Gasteiger partial charge in [-0.1, -0.05) is 0 Å². The number of likely N-dealkylation sites (tertiary alicyclic amines) is 1. The summed E-state index contributed by atoms with van der Waals surface area (Å²) < 4.78 is 16.1. The van der Waals surface area contributed by atoms with Crippen LogP contribution in [0.5, 0.6) is 17.6 Å². The Labute approximate surface area is 145 Å². The van der Waals surface area contributed by atoms with Crippen LogP contribution in [0, 0.1) is 0 Å². The Morgan fingerprint density at radius 3 is 2.88 bits per heavy atom. The Kier molecular flexibility index (Phi) is 5.27. The minimum Gasteiger partial charge on any atom is -0.480 e. The summed E-state index contributed by atoms with van der Waals surface area (Å²) >= 11 is 0. The third-order valence-corrected chi connectivity index (χ3v) is 3.95. The highest BCUT2D eigenvalue weighted by Crippen LogP contribution is 2.22. The molecule has 8 nitrogen and oxygen atoms in total. The predicted molar refractivity (Wildman–Crippen MR) is 88.9 cm³/mol. The van der Waals surface area contributed by atoms with Crippen LogP contribution in [0.15, 0.2) is 30.7 Å². The average molecular weight is 344 g/mol. The molecule has 3 heterocycles. The quantitative estimate of drug-likeness (QED) is 0.813. The van der Waals surface area contributed by atoms with Gasteiger partial charge in [0.2, 0.25) is 17.6 Å². The molecule has 1 atom stereocenters. The fraction of sp³-hybridized carbons (Fsp3) is 0.412. The molecular formula is C17H20N4O4. The molecule has 2 aromatic heterocycles. The second-order valence-electron chi connectivity index (χ2n) is 5.59. The van der Waals surface area contributed by atoms with Crippen molar-refractivity contribution in [2.75, 3.05) is 27.3 Å². The summed E-state index contributed by atoms with van der Waals surface area (Å²) in [5.74, 6) is 0.989. The van der Waals surface area contributed by atoms with Gasteiger partial charge >= 0.3 is 0 Å². The van der Waals surface area contributed by atoms with Crippen molar-refractivity contribution in [1.82, 2.24) is 19.9 Å². The Morgan fingerprint density at radius 2 is 2.08 bits per heavy atom. The highest BCUT2D eigenvalue weighted by molar-refractivity contribution is 5.96. The normalized spacial score (nSPS) is 17.0. The van der Waals surface area contributed by atoms with E-state index in [-0.39, 0.29) is 12.0 Å². The van der Waals surface area contributed by atoms with Gasteiger partial charge in [-0.15, -0.1) is 0 Å². The SMILES string of the molecule is COc1cncc(OC2CCCN(C(=O)c3cccnc3OC)C2)n1. The molecule has 1 unspecified atom stereocenters. The summed E-state index contributed by atoms with van der Waals surface area (Å²) in [7, 11) is 3.03. The lowest BCUT2D eigenvalue weighted by molar-refractivity contribution is 0.0522. The van der Waals surface area contributed by atoms with Crippen molar-refractivity contribution in [2.24, 2.45) is 0 Å². The van der Waals surface area contributed by atoms with Crippen molar-refractivity contribution >= 4 is 5.91 Å². The van der Waals surface area contributed by atoms with Gasteiger partial charge in [0.15, 0.2) is 0 Å². The van der Waals surface area contributed by atoms with Gasteiger partial charge in [-0.3, -0.25) is 9.78 Å². The lowest BCUT2D eigenvalue weighted by atomic mass is 10.1. The minimum atomic E-state index is -0.151. The largest absolute Gasteiger partial charge is 0.480 e. The zero-order valence-corrected chi connectivity index (χ0v) is 14.2. The van der Waals surface area contributed by atoms with Gasteiger partial charge in [0.05, 0.1) is 33.2 Å². The zero-order valence-electron chi connectivity index (χ0n) is 14.2. The first kappa shape index (κ1) is 16.9. The first-order chi connectivity index (χ1) is 12.2.